The molecule has 2 aliphatic rings. The number of aromatic amines is 1. The lowest BCUT2D eigenvalue weighted by Crippen LogP contribution is -2.46. The van der Waals surface area contributed by atoms with Crippen LogP contribution in [0.3, 0.4) is 0 Å². The molecule has 36 heavy (non-hydrogen) atoms. The van der Waals surface area contributed by atoms with Crippen LogP contribution >= 0.6 is 0 Å². The number of aromatic nitrogens is 5. The zero-order valence-electron chi connectivity index (χ0n) is 20.1. The van der Waals surface area contributed by atoms with Crippen molar-refractivity contribution in [2.75, 3.05) is 31.1 Å². The first kappa shape index (κ1) is 23.8. The van der Waals surface area contributed by atoms with Crippen molar-refractivity contribution < 1.29 is 5.21 Å². The van der Waals surface area contributed by atoms with Gasteiger partial charge in [-0.15, -0.1) is 0 Å². The molecular formula is C27H30N8O. The highest BCUT2D eigenvalue weighted by Crippen LogP contribution is 2.36. The van der Waals surface area contributed by atoms with Crippen molar-refractivity contribution in [1.29, 1.82) is 0 Å². The van der Waals surface area contributed by atoms with Crippen LogP contribution in [0.25, 0.3) is 28.1 Å². The van der Waals surface area contributed by atoms with Crippen molar-refractivity contribution in [3.8, 4) is 22.5 Å². The first-order valence-electron chi connectivity index (χ1n) is 12.0. The molecule has 4 aromatic rings. The van der Waals surface area contributed by atoms with Crippen LogP contribution in [-0.2, 0) is 13.0 Å². The fourth-order valence-electron chi connectivity index (χ4n) is 4.95. The monoisotopic (exact) mass is 482 g/mol. The predicted octanol–water partition coefficient (Wildman–Crippen LogP) is 3.54. The predicted molar refractivity (Wildman–Crippen MR) is 140 cm³/mol. The number of benzene rings is 1. The molecular weight excluding hydrogens is 452 g/mol. The number of fused-ring (bicyclic) bond motifs is 1. The molecule has 0 spiro atoms. The normalized spacial score (nSPS) is 15.4. The maximum atomic E-state index is 6.50. The second-order valence-corrected chi connectivity index (χ2v) is 8.95. The number of anilines is 1. The van der Waals surface area contributed by atoms with Gasteiger partial charge in [-0.1, -0.05) is 18.7 Å². The summed E-state index contributed by atoms with van der Waals surface area (Å²) in [5.41, 5.74) is 8.20. The van der Waals surface area contributed by atoms with Crippen LogP contribution in [0, 0.1) is 0 Å². The van der Waals surface area contributed by atoms with E-state index in [0.717, 1.165) is 79.7 Å². The summed E-state index contributed by atoms with van der Waals surface area (Å²) in [6, 6.07) is 10.7. The summed E-state index contributed by atoms with van der Waals surface area (Å²) in [6.45, 7) is 8.77. The molecule has 1 fully saturated rings. The van der Waals surface area contributed by atoms with Crippen molar-refractivity contribution in [2.45, 2.75) is 19.4 Å². The molecule has 1 saturated heterocycles. The molecule has 1 aromatic carbocycles. The van der Waals surface area contributed by atoms with Gasteiger partial charge in [-0.25, -0.2) is 15.9 Å². The highest BCUT2D eigenvalue weighted by Gasteiger charge is 2.22. The summed E-state index contributed by atoms with van der Waals surface area (Å²) in [5.74, 6) is 5.43. The molecule has 9 nitrogen and oxygen atoms in total. The van der Waals surface area contributed by atoms with Gasteiger partial charge in [0.2, 0.25) is 0 Å². The Bertz CT molecular complexity index is 1310. The number of hydrogen-bond acceptors (Lipinski definition) is 8. The van der Waals surface area contributed by atoms with Gasteiger partial charge in [-0.3, -0.25) is 14.9 Å². The Kier molecular flexibility index (Phi) is 7.13. The van der Waals surface area contributed by atoms with E-state index in [9.17, 15) is 0 Å². The number of pyridine rings is 1. The quantitative estimate of drug-likeness (QED) is 0.370. The van der Waals surface area contributed by atoms with Crippen LogP contribution in [0.15, 0.2) is 67.9 Å². The number of H-pyrrole nitrogens is 1. The third-order valence-electron chi connectivity index (χ3n) is 6.80. The fraction of sp³-hybridized carbons (Fsp3) is 0.259. The zero-order valence-corrected chi connectivity index (χ0v) is 20.1. The van der Waals surface area contributed by atoms with Gasteiger partial charge in [0.25, 0.3) is 0 Å². The topological polar surface area (TPSA) is 120 Å². The highest BCUT2D eigenvalue weighted by atomic mass is 16.4. The Labute approximate surface area is 210 Å². The molecule has 0 radical (unpaired) electrons. The van der Waals surface area contributed by atoms with E-state index in [2.05, 4.69) is 60.4 Å². The van der Waals surface area contributed by atoms with Gasteiger partial charge in [-0.2, -0.15) is 0 Å². The van der Waals surface area contributed by atoms with Crippen LogP contribution in [-0.4, -0.2) is 61.2 Å². The van der Waals surface area contributed by atoms with Gasteiger partial charge < -0.3 is 15.1 Å². The van der Waals surface area contributed by atoms with Crippen LogP contribution in [0.2, 0.25) is 0 Å². The van der Waals surface area contributed by atoms with E-state index in [1.807, 2.05) is 30.7 Å². The molecule has 6 rings (SSSR count). The lowest BCUT2D eigenvalue weighted by molar-refractivity contribution is 0.244. The van der Waals surface area contributed by atoms with Gasteiger partial charge in [-0.05, 0) is 47.7 Å². The standard InChI is InChI=1S/C27H27N7.H3NO/c1-19-2-3-21-16-22(4-5-23(19)21)27-26(20-6-8-28-9-7-20)31-24(32-27)18-33-12-14-34(15-13-33)25-17-29-10-11-30-25;1-2/h4-11,16-17H,1-3,12-15,18H2,(H,31,32);2H,1H2. The SMILES string of the molecule is C=C1CCc2cc(-c3nc(CN4CCN(c5cnccn5)CC4)[nH]c3-c3ccncc3)ccc21.NO. The second-order valence-electron chi connectivity index (χ2n) is 8.95. The summed E-state index contributed by atoms with van der Waals surface area (Å²) in [5, 5.41) is 6.50. The van der Waals surface area contributed by atoms with Crippen LogP contribution in [0.5, 0.6) is 0 Å². The average Bonchev–Trinajstić information content (AvgIpc) is 3.54. The van der Waals surface area contributed by atoms with Crippen molar-refractivity contribution >= 4 is 11.4 Å². The van der Waals surface area contributed by atoms with Gasteiger partial charge in [0.05, 0.1) is 24.1 Å². The summed E-state index contributed by atoms with van der Waals surface area (Å²) < 4.78 is 0. The minimum atomic E-state index is 0.786. The molecule has 0 amide bonds. The number of nitrogens with zero attached hydrogens (tertiary/aromatic N) is 6. The van der Waals surface area contributed by atoms with Crippen molar-refractivity contribution in [3.05, 3.63) is 84.8 Å². The average molecular weight is 483 g/mol. The lowest BCUT2D eigenvalue weighted by atomic mass is 10.0. The lowest BCUT2D eigenvalue weighted by Gasteiger charge is -2.34. The second kappa shape index (κ2) is 10.8. The first-order valence-corrected chi connectivity index (χ1v) is 12.0. The number of allylic oxidation sites excluding steroid dienone is 1. The largest absolute Gasteiger partial charge is 0.353 e. The molecule has 1 aliphatic heterocycles. The molecule has 0 bridgehead atoms. The summed E-state index contributed by atoms with van der Waals surface area (Å²) >= 11 is 0. The van der Waals surface area contributed by atoms with Crippen molar-refractivity contribution in [2.24, 2.45) is 5.90 Å². The van der Waals surface area contributed by atoms with Crippen LogP contribution in [0.4, 0.5) is 5.82 Å². The molecule has 0 unspecified atom stereocenters. The van der Waals surface area contributed by atoms with Crippen LogP contribution in [0.1, 0.15) is 23.4 Å². The number of aryl methyl sites for hydroxylation is 1. The highest BCUT2D eigenvalue weighted by molar-refractivity contribution is 5.81. The Morgan fingerprint density at radius 2 is 1.72 bits per heavy atom. The Balaban J connectivity index is 0.00000130. The Morgan fingerprint density at radius 3 is 2.47 bits per heavy atom. The maximum absolute atomic E-state index is 6.50. The maximum Gasteiger partial charge on any atom is 0.147 e. The molecule has 0 saturated carbocycles. The number of nitrogens with one attached hydrogen (secondary N) is 1. The fourth-order valence-corrected chi connectivity index (χ4v) is 4.95. The molecule has 4 N–H and O–H groups in total. The van der Waals surface area contributed by atoms with Crippen LogP contribution < -0.4 is 10.8 Å². The third-order valence-corrected chi connectivity index (χ3v) is 6.80. The first-order chi connectivity index (χ1) is 17.7. The number of piperazine rings is 1. The Hall–Kier alpha value is -3.92. The van der Waals surface area contributed by atoms with E-state index in [-0.39, 0.29) is 0 Å². The minimum absolute atomic E-state index is 0.786. The minimum Gasteiger partial charge on any atom is -0.353 e. The van der Waals surface area contributed by atoms with E-state index >= 15 is 0 Å². The van der Waals surface area contributed by atoms with Crippen molar-refractivity contribution in [1.82, 2.24) is 29.8 Å². The smallest absolute Gasteiger partial charge is 0.147 e. The number of nitrogens with two attached hydrogens (primary N) is 1. The molecule has 1 aliphatic carbocycles. The van der Waals surface area contributed by atoms with E-state index < -0.39 is 0 Å². The van der Waals surface area contributed by atoms with E-state index in [1.165, 1.54) is 16.7 Å². The number of hydrogen-bond donors (Lipinski definition) is 3. The van der Waals surface area contributed by atoms with E-state index in [0.29, 0.717) is 0 Å². The molecule has 0 atom stereocenters. The Morgan fingerprint density at radius 1 is 0.917 bits per heavy atom. The number of imidazole rings is 1. The summed E-state index contributed by atoms with van der Waals surface area (Å²) in [6.07, 6.45) is 11.1. The van der Waals surface area contributed by atoms with Gasteiger partial charge >= 0.3 is 0 Å². The zero-order chi connectivity index (χ0) is 24.9. The molecule has 4 heterocycles. The van der Waals surface area contributed by atoms with Gasteiger partial charge in [0.1, 0.15) is 11.6 Å². The van der Waals surface area contributed by atoms with Gasteiger partial charge in [0, 0.05) is 62.1 Å². The molecule has 184 valence electrons. The summed E-state index contributed by atoms with van der Waals surface area (Å²) in [4.78, 5) is 26.3. The number of rotatable bonds is 5. The van der Waals surface area contributed by atoms with E-state index in [4.69, 9.17) is 10.2 Å². The van der Waals surface area contributed by atoms with E-state index in [1.54, 1.807) is 12.4 Å². The third kappa shape index (κ3) is 4.90. The van der Waals surface area contributed by atoms with Crippen molar-refractivity contribution in [3.63, 3.8) is 0 Å². The molecule has 3 aromatic heterocycles. The summed E-state index contributed by atoms with van der Waals surface area (Å²) in [7, 11) is 0. The molecule has 9 heteroatoms. The van der Waals surface area contributed by atoms with Gasteiger partial charge in [0.15, 0.2) is 0 Å².